The second kappa shape index (κ2) is 14.7. The summed E-state index contributed by atoms with van der Waals surface area (Å²) in [5, 5.41) is 2.86. The summed E-state index contributed by atoms with van der Waals surface area (Å²) in [4.78, 5) is 56.4. The average Bonchev–Trinajstić information content (AvgIpc) is 3.31. The van der Waals surface area contributed by atoms with Crippen LogP contribution in [0.25, 0.3) is 11.1 Å². The molecule has 0 fully saturated rings. The van der Waals surface area contributed by atoms with Crippen molar-refractivity contribution in [3.63, 3.8) is 0 Å². The van der Waals surface area contributed by atoms with E-state index in [9.17, 15) is 19.2 Å². The Morgan fingerprint density at radius 2 is 1.52 bits per heavy atom. The molecule has 0 aliphatic heterocycles. The van der Waals surface area contributed by atoms with E-state index in [1.165, 1.54) is 6.08 Å². The monoisotopic (exact) mass is 596 g/mol. The van der Waals surface area contributed by atoms with E-state index in [2.05, 4.69) is 29.0 Å². The topological polar surface area (TPSA) is 112 Å². The Kier molecular flexibility index (Phi) is 10.8. The van der Waals surface area contributed by atoms with E-state index in [0.29, 0.717) is 12.1 Å². The molecule has 2 atom stereocenters. The fraction of sp³-hybridized carbons (Fsp3) is 0.361. The highest BCUT2D eigenvalue weighted by molar-refractivity contribution is 5.87. The number of benzene rings is 2. The van der Waals surface area contributed by atoms with E-state index in [0.717, 1.165) is 22.3 Å². The first kappa shape index (κ1) is 32.3. The minimum absolute atomic E-state index is 0.0194. The summed E-state index contributed by atoms with van der Waals surface area (Å²) in [6, 6.07) is 20.6. The molecule has 1 aliphatic rings. The summed E-state index contributed by atoms with van der Waals surface area (Å²) in [5.41, 5.74) is 4.68. The molecule has 0 saturated carbocycles. The summed E-state index contributed by atoms with van der Waals surface area (Å²) in [5.74, 6) is -3.05. The molecule has 1 aromatic heterocycles. The van der Waals surface area contributed by atoms with Crippen LogP contribution in [0.3, 0.4) is 0 Å². The minimum atomic E-state index is -1.08. The van der Waals surface area contributed by atoms with Gasteiger partial charge < -0.3 is 14.8 Å². The summed E-state index contributed by atoms with van der Waals surface area (Å²) in [6.45, 7) is 9.53. The highest BCUT2D eigenvalue weighted by Gasteiger charge is 2.32. The van der Waals surface area contributed by atoms with Gasteiger partial charge in [0.25, 0.3) is 0 Å². The summed E-state index contributed by atoms with van der Waals surface area (Å²) >= 11 is 0. The Labute approximate surface area is 258 Å². The molecule has 8 nitrogen and oxygen atoms in total. The molecule has 1 heterocycles. The van der Waals surface area contributed by atoms with E-state index in [-0.39, 0.29) is 49.6 Å². The van der Waals surface area contributed by atoms with Crippen molar-refractivity contribution < 1.29 is 28.7 Å². The number of esters is 2. The van der Waals surface area contributed by atoms with Gasteiger partial charge in [0.1, 0.15) is 19.0 Å². The predicted molar refractivity (Wildman–Crippen MR) is 167 cm³/mol. The number of ketones is 1. The van der Waals surface area contributed by atoms with Crippen molar-refractivity contribution in [1.82, 2.24) is 10.3 Å². The number of nitrogens with zero attached hydrogens (tertiary/aromatic N) is 1. The fourth-order valence-corrected chi connectivity index (χ4v) is 5.55. The second-order valence-electron chi connectivity index (χ2n) is 12.3. The maximum atomic E-state index is 13.3. The molecule has 1 N–H and O–H groups in total. The van der Waals surface area contributed by atoms with Crippen LogP contribution >= 0.6 is 0 Å². The van der Waals surface area contributed by atoms with Crippen molar-refractivity contribution in [2.45, 2.75) is 58.4 Å². The number of nitrogens with one attached hydrogen (secondary N) is 1. The number of hydrogen-bond acceptors (Lipinski definition) is 7. The number of hydrogen-bond donors (Lipinski definition) is 1. The zero-order valence-corrected chi connectivity index (χ0v) is 25.6. The van der Waals surface area contributed by atoms with Gasteiger partial charge in [0.2, 0.25) is 5.91 Å². The lowest BCUT2D eigenvalue weighted by Crippen LogP contribution is -2.35. The van der Waals surface area contributed by atoms with Crippen LogP contribution in [0.1, 0.15) is 75.2 Å². The van der Waals surface area contributed by atoms with Crippen molar-refractivity contribution in [1.29, 1.82) is 0 Å². The van der Waals surface area contributed by atoms with E-state index in [1.54, 1.807) is 24.4 Å². The van der Waals surface area contributed by atoms with Crippen LogP contribution in [0, 0.1) is 11.3 Å². The Morgan fingerprint density at radius 3 is 2.11 bits per heavy atom. The highest BCUT2D eigenvalue weighted by Crippen LogP contribution is 2.44. The Balaban J connectivity index is 1.43. The number of ether oxygens (including phenoxy) is 2. The van der Waals surface area contributed by atoms with Gasteiger partial charge in [-0.2, -0.15) is 0 Å². The molecule has 8 heteroatoms. The SMILES string of the molecule is C=CCOC(=O)[C@H](CC(=O)NC(CC(=O)CC(C)(C)C)c1ccccn1)CC(=O)OCC1c2ccccc2-c2ccccc21. The van der Waals surface area contributed by atoms with Gasteiger partial charge >= 0.3 is 11.9 Å². The number of fused-ring (bicyclic) bond motifs is 3. The third-order valence-electron chi connectivity index (χ3n) is 7.43. The Morgan fingerprint density at radius 1 is 0.886 bits per heavy atom. The standard InChI is InChI=1S/C36H40N2O6/c1-5-18-43-35(42)24(19-33(40)38-32(31-16-10-11-17-37-31)21-25(39)22-36(2,3)4)20-34(41)44-23-30-28-14-8-6-12-26(28)27-13-7-9-15-29(27)30/h5-17,24,30,32H,1,18-23H2,2-4H3,(H,38,40)/t24-,32?/m1/s1. The first-order valence-electron chi connectivity index (χ1n) is 14.9. The molecule has 4 rings (SSSR count). The van der Waals surface area contributed by atoms with Gasteiger partial charge in [-0.05, 0) is 39.8 Å². The average molecular weight is 597 g/mol. The number of pyridine rings is 1. The second-order valence-corrected chi connectivity index (χ2v) is 12.3. The van der Waals surface area contributed by atoms with Crippen LogP contribution in [-0.4, -0.2) is 41.8 Å². The lowest BCUT2D eigenvalue weighted by Gasteiger charge is -2.22. The normalized spacial score (nSPS) is 13.6. The maximum Gasteiger partial charge on any atom is 0.310 e. The van der Waals surface area contributed by atoms with Crippen LogP contribution < -0.4 is 5.32 Å². The molecule has 0 spiro atoms. The molecular formula is C36H40N2O6. The summed E-state index contributed by atoms with van der Waals surface area (Å²) in [7, 11) is 0. The molecule has 0 radical (unpaired) electrons. The fourth-order valence-electron chi connectivity index (χ4n) is 5.55. The first-order valence-corrected chi connectivity index (χ1v) is 14.9. The molecule has 0 bridgehead atoms. The molecule has 1 amide bonds. The molecule has 3 aromatic rings. The first-order chi connectivity index (χ1) is 21.1. The minimum Gasteiger partial charge on any atom is -0.465 e. The highest BCUT2D eigenvalue weighted by atomic mass is 16.5. The van der Waals surface area contributed by atoms with Crippen LogP contribution in [0.4, 0.5) is 0 Å². The van der Waals surface area contributed by atoms with Crippen LogP contribution in [-0.2, 0) is 28.7 Å². The Hall–Kier alpha value is -4.59. The van der Waals surface area contributed by atoms with E-state index in [1.807, 2.05) is 57.2 Å². The van der Waals surface area contributed by atoms with Crippen LogP contribution in [0.15, 0.2) is 85.6 Å². The predicted octanol–water partition coefficient (Wildman–Crippen LogP) is 6.12. The third kappa shape index (κ3) is 8.72. The lowest BCUT2D eigenvalue weighted by molar-refractivity contribution is -0.155. The van der Waals surface area contributed by atoms with Gasteiger partial charge in [0.15, 0.2) is 0 Å². The zero-order chi connectivity index (χ0) is 31.7. The number of aromatic nitrogens is 1. The van der Waals surface area contributed by atoms with E-state index >= 15 is 0 Å². The quantitative estimate of drug-likeness (QED) is 0.176. The van der Waals surface area contributed by atoms with Crippen LogP contribution in [0.5, 0.6) is 0 Å². The van der Waals surface area contributed by atoms with E-state index < -0.39 is 29.8 Å². The summed E-state index contributed by atoms with van der Waals surface area (Å²) < 4.78 is 10.9. The van der Waals surface area contributed by atoms with Crippen molar-refractivity contribution in [2.75, 3.05) is 13.2 Å². The molecule has 230 valence electrons. The number of carbonyl (C=O) groups excluding carboxylic acids is 4. The van der Waals surface area contributed by atoms with Crippen molar-refractivity contribution in [3.05, 3.63) is 102 Å². The number of carbonyl (C=O) groups is 4. The van der Waals surface area contributed by atoms with Gasteiger partial charge in [0.05, 0.1) is 24.1 Å². The molecule has 0 saturated heterocycles. The third-order valence-corrected chi connectivity index (χ3v) is 7.43. The van der Waals surface area contributed by atoms with Crippen molar-refractivity contribution in [3.8, 4) is 11.1 Å². The van der Waals surface area contributed by atoms with Crippen molar-refractivity contribution >= 4 is 23.6 Å². The van der Waals surface area contributed by atoms with Gasteiger partial charge in [-0.1, -0.05) is 88.0 Å². The zero-order valence-electron chi connectivity index (χ0n) is 25.6. The van der Waals surface area contributed by atoms with Gasteiger partial charge in [-0.15, -0.1) is 0 Å². The maximum absolute atomic E-state index is 13.3. The summed E-state index contributed by atoms with van der Waals surface area (Å²) in [6.07, 6.45) is 2.74. The molecule has 2 aromatic carbocycles. The smallest absolute Gasteiger partial charge is 0.310 e. The lowest BCUT2D eigenvalue weighted by atomic mass is 9.87. The number of rotatable bonds is 14. The molecule has 44 heavy (non-hydrogen) atoms. The molecule has 1 aliphatic carbocycles. The Bertz CT molecular complexity index is 1450. The number of Topliss-reactive ketones (excluding diaryl/α,β-unsaturated/α-hetero) is 1. The number of amides is 1. The van der Waals surface area contributed by atoms with Gasteiger partial charge in [0, 0.05) is 31.4 Å². The van der Waals surface area contributed by atoms with Gasteiger partial charge in [-0.25, -0.2) is 0 Å². The van der Waals surface area contributed by atoms with Crippen molar-refractivity contribution in [2.24, 2.45) is 11.3 Å². The van der Waals surface area contributed by atoms with Crippen LogP contribution in [0.2, 0.25) is 0 Å². The largest absolute Gasteiger partial charge is 0.465 e. The molecule has 1 unspecified atom stereocenters. The molecular weight excluding hydrogens is 556 g/mol. The van der Waals surface area contributed by atoms with Gasteiger partial charge in [-0.3, -0.25) is 24.2 Å². The van der Waals surface area contributed by atoms with E-state index in [4.69, 9.17) is 9.47 Å².